The van der Waals surface area contributed by atoms with Crippen LogP contribution in [0.3, 0.4) is 0 Å². The Balaban J connectivity index is 1.97. The van der Waals surface area contributed by atoms with Gasteiger partial charge in [0.2, 0.25) is 0 Å². The number of hydrogen-bond acceptors (Lipinski definition) is 4. The van der Waals surface area contributed by atoms with E-state index in [0.717, 1.165) is 9.65 Å². The first-order chi connectivity index (χ1) is 11.0. The van der Waals surface area contributed by atoms with Crippen LogP contribution in [0, 0.1) is 6.92 Å². The summed E-state index contributed by atoms with van der Waals surface area (Å²) in [5.74, 6) is 0.228. The molecule has 5 nitrogen and oxygen atoms in total. The summed E-state index contributed by atoms with van der Waals surface area (Å²) in [6.45, 7) is 1.65. The van der Waals surface area contributed by atoms with E-state index in [9.17, 15) is 8.42 Å². The van der Waals surface area contributed by atoms with Crippen LogP contribution in [0.5, 0.6) is 5.75 Å². The Morgan fingerprint density at radius 1 is 1.04 bits per heavy atom. The van der Waals surface area contributed by atoms with E-state index >= 15 is 0 Å². The molecule has 0 saturated carbocycles. The lowest BCUT2D eigenvalue weighted by molar-refractivity contribution is 0.468. The van der Waals surface area contributed by atoms with Gasteiger partial charge >= 0.3 is 10.3 Å². The highest BCUT2D eigenvalue weighted by Gasteiger charge is 2.21. The molecule has 0 saturated heterocycles. The molecule has 0 radical (unpaired) electrons. The van der Waals surface area contributed by atoms with Crippen LogP contribution in [-0.4, -0.2) is 17.6 Å². The summed E-state index contributed by atoms with van der Waals surface area (Å²) in [5.41, 5.74) is 1.68. The molecule has 0 aliphatic carbocycles. The third kappa shape index (κ3) is 3.38. The molecule has 0 bridgehead atoms. The van der Waals surface area contributed by atoms with E-state index in [1.807, 2.05) is 6.07 Å². The zero-order valence-electron chi connectivity index (χ0n) is 12.2. The Labute approximate surface area is 139 Å². The zero-order valence-corrected chi connectivity index (χ0v) is 13.8. The van der Waals surface area contributed by atoms with Crippen molar-refractivity contribution in [3.63, 3.8) is 0 Å². The van der Waals surface area contributed by atoms with Crippen molar-refractivity contribution in [1.82, 2.24) is 9.19 Å². The van der Waals surface area contributed by atoms with Gasteiger partial charge in [0.1, 0.15) is 5.75 Å². The predicted octanol–water partition coefficient (Wildman–Crippen LogP) is 3.68. The summed E-state index contributed by atoms with van der Waals surface area (Å²) in [4.78, 5) is 0. The minimum absolute atomic E-state index is 0.228. The third-order valence-electron chi connectivity index (χ3n) is 3.12. The Morgan fingerprint density at radius 2 is 1.78 bits per heavy atom. The van der Waals surface area contributed by atoms with Gasteiger partial charge in [0.15, 0.2) is 0 Å². The summed E-state index contributed by atoms with van der Waals surface area (Å²) in [5, 5.41) is 4.69. The van der Waals surface area contributed by atoms with E-state index in [-0.39, 0.29) is 5.75 Å². The van der Waals surface area contributed by atoms with Crippen LogP contribution in [0.1, 0.15) is 5.69 Å². The molecular weight excluding hydrogens is 336 g/mol. The van der Waals surface area contributed by atoms with Crippen molar-refractivity contribution in [2.75, 3.05) is 0 Å². The average molecular weight is 349 g/mol. The molecule has 3 rings (SSSR count). The normalized spacial score (nSPS) is 11.4. The van der Waals surface area contributed by atoms with Gasteiger partial charge in [-0.05, 0) is 37.3 Å². The topological polar surface area (TPSA) is 61.2 Å². The number of halogens is 1. The Kier molecular flexibility index (Phi) is 4.11. The Bertz CT molecular complexity index is 937. The molecule has 3 aromatic rings. The highest BCUT2D eigenvalue weighted by molar-refractivity contribution is 7.85. The maximum atomic E-state index is 12.4. The highest BCUT2D eigenvalue weighted by Crippen LogP contribution is 2.23. The molecule has 1 aromatic heterocycles. The second-order valence-corrected chi connectivity index (χ2v) is 6.68. The SMILES string of the molecule is Cc1cc(-c2cccc(Cl)c2)nn1S(=O)(=O)Oc1ccccc1. The Hall–Kier alpha value is -2.31. The summed E-state index contributed by atoms with van der Waals surface area (Å²) >= 11 is 5.96. The minimum atomic E-state index is -4.07. The van der Waals surface area contributed by atoms with Gasteiger partial charge in [0.05, 0.1) is 11.4 Å². The smallest absolute Gasteiger partial charge is 0.366 e. The largest absolute Gasteiger partial charge is 0.429 e. The standard InChI is InChI=1S/C16H13ClN2O3S/c1-12-10-16(13-6-5-7-14(17)11-13)18-19(12)23(20,21)22-15-8-3-2-4-9-15/h2-11H,1H3. The Morgan fingerprint density at radius 3 is 2.48 bits per heavy atom. The number of aromatic nitrogens is 2. The van der Waals surface area contributed by atoms with E-state index in [0.29, 0.717) is 16.4 Å². The third-order valence-corrected chi connectivity index (χ3v) is 4.55. The number of nitrogens with zero attached hydrogens (tertiary/aromatic N) is 2. The van der Waals surface area contributed by atoms with Gasteiger partial charge in [-0.2, -0.15) is 13.5 Å². The van der Waals surface area contributed by atoms with Crippen LogP contribution in [-0.2, 0) is 10.3 Å². The molecule has 23 heavy (non-hydrogen) atoms. The first kappa shape index (κ1) is 15.6. The van der Waals surface area contributed by atoms with E-state index < -0.39 is 10.3 Å². The van der Waals surface area contributed by atoms with Crippen molar-refractivity contribution in [3.8, 4) is 17.0 Å². The van der Waals surface area contributed by atoms with Crippen molar-refractivity contribution in [2.45, 2.75) is 6.92 Å². The first-order valence-electron chi connectivity index (χ1n) is 6.78. The molecule has 0 aliphatic heterocycles. The monoisotopic (exact) mass is 348 g/mol. The number of aryl methyl sites for hydroxylation is 1. The van der Waals surface area contributed by atoms with E-state index in [1.165, 1.54) is 0 Å². The molecule has 0 unspecified atom stereocenters. The molecule has 1 heterocycles. The summed E-state index contributed by atoms with van der Waals surface area (Å²) in [7, 11) is -4.07. The van der Waals surface area contributed by atoms with Gasteiger partial charge in [-0.1, -0.05) is 41.9 Å². The van der Waals surface area contributed by atoms with Crippen LogP contribution >= 0.6 is 11.6 Å². The first-order valence-corrected chi connectivity index (χ1v) is 8.53. The molecule has 118 valence electrons. The van der Waals surface area contributed by atoms with Crippen molar-refractivity contribution in [2.24, 2.45) is 0 Å². The maximum absolute atomic E-state index is 12.4. The molecule has 0 amide bonds. The molecule has 0 atom stereocenters. The van der Waals surface area contributed by atoms with Crippen molar-refractivity contribution >= 4 is 21.9 Å². The van der Waals surface area contributed by atoms with Gasteiger partial charge in [0.25, 0.3) is 0 Å². The maximum Gasteiger partial charge on any atom is 0.429 e. The van der Waals surface area contributed by atoms with Crippen LogP contribution in [0.15, 0.2) is 60.7 Å². The van der Waals surface area contributed by atoms with Crippen LogP contribution < -0.4 is 4.18 Å². The van der Waals surface area contributed by atoms with Crippen LogP contribution in [0.2, 0.25) is 5.02 Å². The summed E-state index contributed by atoms with van der Waals surface area (Å²) < 4.78 is 30.7. The van der Waals surface area contributed by atoms with Crippen LogP contribution in [0.25, 0.3) is 11.3 Å². The minimum Gasteiger partial charge on any atom is -0.366 e. The lowest BCUT2D eigenvalue weighted by atomic mass is 10.1. The van der Waals surface area contributed by atoms with Crippen molar-refractivity contribution < 1.29 is 12.6 Å². The lowest BCUT2D eigenvalue weighted by Crippen LogP contribution is -2.21. The lowest BCUT2D eigenvalue weighted by Gasteiger charge is -2.07. The number of para-hydroxylation sites is 1. The van der Waals surface area contributed by atoms with E-state index in [4.69, 9.17) is 15.8 Å². The van der Waals surface area contributed by atoms with Gasteiger partial charge in [-0.3, -0.25) is 0 Å². The molecule has 0 aliphatic rings. The van der Waals surface area contributed by atoms with Crippen LogP contribution in [0.4, 0.5) is 0 Å². The van der Waals surface area contributed by atoms with E-state index in [2.05, 4.69) is 5.10 Å². The van der Waals surface area contributed by atoms with Crippen molar-refractivity contribution in [1.29, 1.82) is 0 Å². The summed E-state index contributed by atoms with van der Waals surface area (Å²) in [6, 6.07) is 17.0. The van der Waals surface area contributed by atoms with Gasteiger partial charge < -0.3 is 4.18 Å². The second-order valence-electron chi connectivity index (χ2n) is 4.88. The fourth-order valence-electron chi connectivity index (χ4n) is 2.11. The molecule has 2 aromatic carbocycles. The van der Waals surface area contributed by atoms with Gasteiger partial charge in [-0.25, -0.2) is 0 Å². The second kappa shape index (κ2) is 6.06. The quantitative estimate of drug-likeness (QED) is 0.721. The van der Waals surface area contributed by atoms with Gasteiger partial charge in [0, 0.05) is 10.6 Å². The number of benzene rings is 2. The molecule has 0 N–H and O–H groups in total. The molecular formula is C16H13ClN2O3S. The van der Waals surface area contributed by atoms with Crippen molar-refractivity contribution in [3.05, 3.63) is 71.4 Å². The number of hydrogen-bond donors (Lipinski definition) is 0. The fourth-order valence-corrected chi connectivity index (χ4v) is 3.32. The summed E-state index contributed by atoms with van der Waals surface area (Å²) in [6.07, 6.45) is 0. The molecule has 7 heteroatoms. The predicted molar refractivity (Wildman–Crippen MR) is 88.8 cm³/mol. The molecule has 0 fully saturated rings. The van der Waals surface area contributed by atoms with E-state index in [1.54, 1.807) is 61.5 Å². The fraction of sp³-hybridized carbons (Fsp3) is 0.0625. The van der Waals surface area contributed by atoms with Gasteiger partial charge in [-0.15, -0.1) is 4.09 Å². The highest BCUT2D eigenvalue weighted by atomic mass is 35.5. The number of rotatable bonds is 4. The zero-order chi connectivity index (χ0) is 16.4. The molecule has 0 spiro atoms. The average Bonchev–Trinajstić information content (AvgIpc) is 2.91.